The zero-order chi connectivity index (χ0) is 20.1. The first-order chi connectivity index (χ1) is 14.8. The van der Waals surface area contributed by atoms with Gasteiger partial charge in [-0.25, -0.2) is 15.0 Å². The van der Waals surface area contributed by atoms with Crippen molar-refractivity contribution >= 4 is 33.0 Å². The van der Waals surface area contributed by atoms with Crippen LogP contribution in [-0.4, -0.2) is 24.5 Å². The van der Waals surface area contributed by atoms with Crippen LogP contribution in [0.4, 0.5) is 0 Å². The molecule has 5 nitrogen and oxygen atoms in total. The maximum Gasteiger partial charge on any atom is 0.237 e. The van der Waals surface area contributed by atoms with Gasteiger partial charge >= 0.3 is 0 Å². The highest BCUT2D eigenvalue weighted by molar-refractivity contribution is 6.09. The van der Waals surface area contributed by atoms with Crippen molar-refractivity contribution in [1.29, 1.82) is 0 Å². The zero-order valence-corrected chi connectivity index (χ0v) is 16.3. The number of fused-ring (bicyclic) bond motifs is 4. The summed E-state index contributed by atoms with van der Waals surface area (Å²) in [6.45, 7) is 1.93. The van der Waals surface area contributed by atoms with E-state index >= 15 is 0 Å². The minimum absolute atomic E-state index is 0.589. The molecule has 6 rings (SSSR count). The van der Waals surface area contributed by atoms with Crippen LogP contribution in [0, 0.1) is 6.92 Å². The van der Waals surface area contributed by atoms with Crippen LogP contribution in [0.25, 0.3) is 50.2 Å². The Morgan fingerprint density at radius 3 is 2.00 bits per heavy atom. The molecule has 3 aromatic heterocycles. The number of hydrogen-bond donors (Lipinski definition) is 0. The first kappa shape index (κ1) is 16.8. The molecule has 3 heterocycles. The smallest absolute Gasteiger partial charge is 0.237 e. The molecule has 0 fully saturated rings. The highest BCUT2D eigenvalue weighted by Gasteiger charge is 2.17. The SMILES string of the molecule is Cc1cnc2nc(-n3c4ccccc4c4ccccc43)nc(-c3ccccc3)c2n1. The Hall–Kier alpha value is -4.12. The zero-order valence-electron chi connectivity index (χ0n) is 16.3. The summed E-state index contributed by atoms with van der Waals surface area (Å²) in [5, 5.41) is 2.35. The van der Waals surface area contributed by atoms with Gasteiger partial charge in [0.25, 0.3) is 0 Å². The van der Waals surface area contributed by atoms with Gasteiger partial charge in [-0.15, -0.1) is 0 Å². The van der Waals surface area contributed by atoms with Crippen LogP contribution < -0.4 is 0 Å². The van der Waals surface area contributed by atoms with E-state index in [1.54, 1.807) is 6.20 Å². The molecule has 0 saturated heterocycles. The van der Waals surface area contributed by atoms with Crippen LogP contribution >= 0.6 is 0 Å². The largest absolute Gasteiger partial charge is 0.278 e. The lowest BCUT2D eigenvalue weighted by Crippen LogP contribution is -2.05. The van der Waals surface area contributed by atoms with Gasteiger partial charge in [0, 0.05) is 16.3 Å². The fraction of sp³-hybridized carbons (Fsp3) is 0.0400. The monoisotopic (exact) mass is 387 g/mol. The van der Waals surface area contributed by atoms with Gasteiger partial charge in [-0.1, -0.05) is 66.7 Å². The van der Waals surface area contributed by atoms with Crippen molar-refractivity contribution in [2.24, 2.45) is 0 Å². The second-order valence-corrected chi connectivity index (χ2v) is 7.29. The molecule has 0 saturated carbocycles. The van der Waals surface area contributed by atoms with Gasteiger partial charge < -0.3 is 0 Å². The number of aromatic nitrogens is 5. The standard InChI is InChI=1S/C25H17N5/c1-16-15-26-24-23(27-16)22(17-9-3-2-4-10-17)28-25(29-24)30-20-13-7-5-11-18(20)19-12-6-8-14-21(19)30/h2-15H,1H3. The number of para-hydroxylation sites is 2. The number of hydrogen-bond acceptors (Lipinski definition) is 4. The first-order valence-corrected chi connectivity index (χ1v) is 9.85. The Bertz CT molecular complexity index is 1500. The van der Waals surface area contributed by atoms with E-state index in [1.807, 2.05) is 49.4 Å². The minimum Gasteiger partial charge on any atom is -0.278 e. The van der Waals surface area contributed by atoms with Gasteiger partial charge in [0.05, 0.1) is 22.9 Å². The van der Waals surface area contributed by atoms with Gasteiger partial charge in [-0.3, -0.25) is 4.57 Å². The van der Waals surface area contributed by atoms with E-state index < -0.39 is 0 Å². The van der Waals surface area contributed by atoms with E-state index in [9.17, 15) is 0 Å². The predicted molar refractivity (Wildman–Crippen MR) is 120 cm³/mol. The van der Waals surface area contributed by atoms with E-state index in [4.69, 9.17) is 15.0 Å². The molecular formula is C25H17N5. The second kappa shape index (κ2) is 6.46. The van der Waals surface area contributed by atoms with E-state index in [0.29, 0.717) is 17.1 Å². The van der Waals surface area contributed by atoms with Crippen LogP contribution in [0.2, 0.25) is 0 Å². The van der Waals surface area contributed by atoms with Crippen LogP contribution in [0.5, 0.6) is 0 Å². The number of aryl methyl sites for hydroxylation is 1. The van der Waals surface area contributed by atoms with Gasteiger partial charge in [0.15, 0.2) is 5.65 Å². The molecule has 0 aliphatic heterocycles. The highest BCUT2D eigenvalue weighted by atomic mass is 15.2. The third-order valence-electron chi connectivity index (χ3n) is 5.34. The number of benzene rings is 3. The fourth-order valence-electron chi connectivity index (χ4n) is 4.02. The normalized spacial score (nSPS) is 11.5. The average molecular weight is 387 g/mol. The molecule has 30 heavy (non-hydrogen) atoms. The maximum atomic E-state index is 5.00. The molecule has 5 heteroatoms. The fourth-order valence-corrected chi connectivity index (χ4v) is 4.02. The second-order valence-electron chi connectivity index (χ2n) is 7.29. The molecule has 142 valence electrons. The molecule has 0 aliphatic carbocycles. The van der Waals surface area contributed by atoms with Crippen molar-refractivity contribution in [3.8, 4) is 17.2 Å². The lowest BCUT2D eigenvalue weighted by atomic mass is 10.1. The molecule has 6 aromatic rings. The maximum absolute atomic E-state index is 5.00. The van der Waals surface area contributed by atoms with Crippen molar-refractivity contribution in [3.63, 3.8) is 0 Å². The van der Waals surface area contributed by atoms with E-state index in [2.05, 4.69) is 45.9 Å². The van der Waals surface area contributed by atoms with Crippen LogP contribution in [0.15, 0.2) is 85.1 Å². The summed E-state index contributed by atoms with van der Waals surface area (Å²) >= 11 is 0. The van der Waals surface area contributed by atoms with Crippen molar-refractivity contribution in [3.05, 3.63) is 90.8 Å². The topological polar surface area (TPSA) is 56.5 Å². The minimum atomic E-state index is 0.589. The summed E-state index contributed by atoms with van der Waals surface area (Å²) in [7, 11) is 0. The lowest BCUT2D eigenvalue weighted by molar-refractivity contribution is 0.994. The molecule has 0 bridgehead atoms. The molecule has 0 unspecified atom stereocenters. The van der Waals surface area contributed by atoms with Gasteiger partial charge in [-0.2, -0.15) is 4.98 Å². The Labute approximate surface area is 172 Å². The predicted octanol–water partition coefficient (Wildman–Crippen LogP) is 5.49. The molecule has 0 N–H and O–H groups in total. The molecule has 0 aliphatic rings. The molecule has 0 spiro atoms. The Kier molecular flexibility index (Phi) is 3.62. The van der Waals surface area contributed by atoms with E-state index in [0.717, 1.165) is 28.0 Å². The van der Waals surface area contributed by atoms with Crippen molar-refractivity contribution in [2.75, 3.05) is 0 Å². The van der Waals surface area contributed by atoms with E-state index in [1.165, 1.54) is 10.8 Å². The summed E-state index contributed by atoms with van der Waals surface area (Å²) in [5.41, 5.74) is 6.06. The average Bonchev–Trinajstić information content (AvgIpc) is 3.13. The molecule has 0 atom stereocenters. The van der Waals surface area contributed by atoms with Crippen molar-refractivity contribution < 1.29 is 0 Å². The molecular weight excluding hydrogens is 370 g/mol. The first-order valence-electron chi connectivity index (χ1n) is 9.85. The van der Waals surface area contributed by atoms with Gasteiger partial charge in [0.2, 0.25) is 5.95 Å². The van der Waals surface area contributed by atoms with Crippen LogP contribution in [-0.2, 0) is 0 Å². The Balaban J connectivity index is 1.75. The summed E-state index contributed by atoms with van der Waals surface area (Å²) in [5.74, 6) is 0.594. The quantitative estimate of drug-likeness (QED) is 0.394. The van der Waals surface area contributed by atoms with Crippen LogP contribution in [0.3, 0.4) is 0 Å². The summed E-state index contributed by atoms with van der Waals surface area (Å²) in [4.78, 5) is 19.1. The van der Waals surface area contributed by atoms with E-state index in [-0.39, 0.29) is 0 Å². The summed E-state index contributed by atoms with van der Waals surface area (Å²) in [6.07, 6.45) is 1.75. The van der Waals surface area contributed by atoms with Crippen molar-refractivity contribution in [2.45, 2.75) is 6.92 Å². The number of nitrogens with zero attached hydrogens (tertiary/aromatic N) is 5. The molecule has 3 aromatic carbocycles. The van der Waals surface area contributed by atoms with Crippen molar-refractivity contribution in [1.82, 2.24) is 24.5 Å². The Morgan fingerprint density at radius 2 is 1.30 bits per heavy atom. The molecule has 0 radical (unpaired) electrons. The van der Waals surface area contributed by atoms with Gasteiger partial charge in [-0.05, 0) is 19.1 Å². The molecule has 0 amide bonds. The van der Waals surface area contributed by atoms with Crippen LogP contribution in [0.1, 0.15) is 5.69 Å². The number of rotatable bonds is 2. The lowest BCUT2D eigenvalue weighted by Gasteiger charge is -2.11. The highest BCUT2D eigenvalue weighted by Crippen LogP contribution is 2.32. The third-order valence-corrected chi connectivity index (χ3v) is 5.34. The summed E-state index contributed by atoms with van der Waals surface area (Å²) in [6, 6.07) is 26.8. The third kappa shape index (κ3) is 2.49. The summed E-state index contributed by atoms with van der Waals surface area (Å²) < 4.78 is 2.11. The Morgan fingerprint density at radius 1 is 0.667 bits per heavy atom. The van der Waals surface area contributed by atoms with Gasteiger partial charge in [0.1, 0.15) is 11.2 Å².